The molecule has 2 aliphatic rings. The van der Waals surface area contributed by atoms with E-state index in [-0.39, 0.29) is 5.90 Å². The summed E-state index contributed by atoms with van der Waals surface area (Å²) in [5.41, 5.74) is 22.0. The van der Waals surface area contributed by atoms with Gasteiger partial charge in [-0.3, -0.25) is 0 Å². The van der Waals surface area contributed by atoms with Gasteiger partial charge in [-0.1, -0.05) is 126 Å². The third kappa shape index (κ3) is 6.12. The summed E-state index contributed by atoms with van der Waals surface area (Å²) in [6.45, 7) is 21.0. The first-order valence-electron chi connectivity index (χ1n) is 19.3. The minimum Gasteiger partial charge on any atom is -0.352 e. The molecule has 0 aromatic heterocycles. The lowest BCUT2D eigenvalue weighted by atomic mass is 9.79. The normalized spacial score (nSPS) is 15.8. The van der Waals surface area contributed by atoms with Gasteiger partial charge in [-0.25, -0.2) is 0 Å². The smallest absolute Gasteiger partial charge is 0.313 e. The maximum Gasteiger partial charge on any atom is 0.313 e. The van der Waals surface area contributed by atoms with E-state index in [1.807, 2.05) is 0 Å². The lowest BCUT2D eigenvalue weighted by molar-refractivity contribution is 1.25. The second kappa shape index (κ2) is 14.6. The van der Waals surface area contributed by atoms with Crippen LogP contribution in [0.4, 0.5) is 22.7 Å². The van der Waals surface area contributed by atoms with Gasteiger partial charge in [0.2, 0.25) is 0 Å². The van der Waals surface area contributed by atoms with Crippen molar-refractivity contribution in [2.75, 3.05) is 18.3 Å². The van der Waals surface area contributed by atoms with E-state index >= 15 is 0 Å². The minimum atomic E-state index is -3.23. The topological polar surface area (TPSA) is 13.0 Å². The summed E-state index contributed by atoms with van der Waals surface area (Å²) in [6.07, 6.45) is 9.51. The summed E-state index contributed by atoms with van der Waals surface area (Å²) in [5, 5.41) is 0. The summed E-state index contributed by atoms with van der Waals surface area (Å²) in [5.74, 6) is -0.0281. The van der Waals surface area contributed by atoms with E-state index in [0.717, 1.165) is 0 Å². The zero-order valence-corrected chi connectivity index (χ0v) is 39.6. The van der Waals surface area contributed by atoms with Crippen molar-refractivity contribution in [2.45, 2.75) is 83.1 Å². The van der Waals surface area contributed by atoms with Crippen LogP contribution in [0.5, 0.6) is 0 Å². The molecule has 282 valence electrons. The number of aryl methyl sites for hydroxylation is 10. The average Bonchev–Trinajstić information content (AvgIpc) is 3.62. The zero-order chi connectivity index (χ0) is 39.7. The highest BCUT2D eigenvalue weighted by Gasteiger charge is 2.71. The fraction of sp³-hybridized carbons (Fsp3) is 0.261. The average molecular weight is 889 g/mol. The molecule has 0 saturated carbocycles. The molecule has 55 heavy (non-hydrogen) atoms. The molecule has 0 bridgehead atoms. The number of anilines is 4. The van der Waals surface area contributed by atoms with Gasteiger partial charge in [0.25, 0.3) is 5.90 Å². The molecule has 7 rings (SSSR count). The van der Waals surface area contributed by atoms with Crippen molar-refractivity contribution in [1.82, 2.24) is 0 Å². The van der Waals surface area contributed by atoms with Gasteiger partial charge in [0, 0.05) is 47.5 Å². The lowest BCUT2D eigenvalue weighted by Crippen LogP contribution is -2.84. The van der Waals surface area contributed by atoms with Crippen molar-refractivity contribution < 1.29 is 0 Å². The van der Waals surface area contributed by atoms with Gasteiger partial charge >= 0.3 is 13.8 Å². The number of benzene rings is 5. The van der Waals surface area contributed by atoms with Crippen molar-refractivity contribution in [1.29, 1.82) is 0 Å². The molecule has 0 saturated heterocycles. The maximum atomic E-state index is 4.98. The molecule has 0 atom stereocenters. The standard InChI is InChI=1S/C46H53BBr2N4Si2/c1-30-17-13-18-31(2)43(30)50-25-26-51(44-32(3)19-14-20-33(44)4)54(50,48)47(42-40(11)38(9)29-39(10)41(42)12)55(49)52(45-34(5)21-15-22-35(45)6)27-28-53(55)46-36(7)23-16-24-37(46)8/h13-29H,1-12H3. The molecule has 0 radical (unpaired) electrons. The Kier molecular flexibility index (Phi) is 10.5. The third-order valence-corrected chi connectivity index (χ3v) is 30.8. The summed E-state index contributed by atoms with van der Waals surface area (Å²) in [4.78, 5) is 0. The van der Waals surface area contributed by atoms with Gasteiger partial charge in [-0.15, -0.1) is 0 Å². The Morgan fingerprint density at radius 2 is 0.582 bits per heavy atom. The van der Waals surface area contributed by atoms with Crippen LogP contribution in [0.1, 0.15) is 66.8 Å². The van der Waals surface area contributed by atoms with E-state index in [1.54, 1.807) is 0 Å². The molecule has 0 aliphatic carbocycles. The Bertz CT molecular complexity index is 2040. The van der Waals surface area contributed by atoms with E-state index < -0.39 is 13.8 Å². The minimum absolute atomic E-state index is 0.0281. The molecule has 0 unspecified atom stereocenters. The molecule has 2 heterocycles. The first-order valence-corrected chi connectivity index (χ1v) is 27.7. The molecule has 0 fully saturated rings. The Labute approximate surface area is 348 Å². The highest BCUT2D eigenvalue weighted by atomic mass is 79.9. The molecule has 0 amide bonds. The Morgan fingerprint density at radius 3 is 0.800 bits per heavy atom. The Morgan fingerprint density at radius 1 is 0.364 bits per heavy atom. The van der Waals surface area contributed by atoms with Gasteiger partial charge in [0.15, 0.2) is 0 Å². The van der Waals surface area contributed by atoms with E-state index in [2.05, 4.69) is 205 Å². The molecule has 5 aromatic rings. The second-order valence-corrected chi connectivity index (χ2v) is 29.1. The van der Waals surface area contributed by atoms with E-state index in [0.29, 0.717) is 0 Å². The molecular weight excluding hydrogens is 835 g/mol. The molecular formula is C46H53BBr2N4Si2. The Hall–Kier alpha value is -3.76. The van der Waals surface area contributed by atoms with Gasteiger partial charge < -0.3 is 18.3 Å². The Balaban J connectivity index is 1.70. The summed E-state index contributed by atoms with van der Waals surface area (Å²) >= 11 is 9.96. The summed E-state index contributed by atoms with van der Waals surface area (Å²) in [6, 6.07) is 29.3. The van der Waals surface area contributed by atoms with E-state index in [1.165, 1.54) is 95.0 Å². The van der Waals surface area contributed by atoms with Crippen LogP contribution in [0.3, 0.4) is 0 Å². The third-order valence-electron chi connectivity index (χ3n) is 12.3. The van der Waals surface area contributed by atoms with Crippen molar-refractivity contribution in [3.8, 4) is 0 Å². The number of hydrogen-bond acceptors (Lipinski definition) is 4. The molecule has 9 heteroatoms. The highest BCUT2D eigenvalue weighted by Crippen LogP contribution is 2.51. The fourth-order valence-corrected chi connectivity index (χ4v) is 33.3. The zero-order valence-electron chi connectivity index (χ0n) is 34.4. The molecule has 4 nitrogen and oxygen atoms in total. The fourth-order valence-electron chi connectivity index (χ4n) is 9.42. The maximum absolute atomic E-state index is 4.98. The number of hydrogen-bond donors (Lipinski definition) is 0. The van der Waals surface area contributed by atoms with Gasteiger partial charge in [0.05, 0.1) is 0 Å². The molecule has 0 N–H and O–H groups in total. The lowest BCUT2D eigenvalue weighted by Gasteiger charge is -2.52. The quantitative estimate of drug-likeness (QED) is 0.119. The van der Waals surface area contributed by atoms with Gasteiger partial charge in [-0.05, 0) is 139 Å². The first kappa shape index (κ1) is 39.5. The van der Waals surface area contributed by atoms with Crippen molar-refractivity contribution in [2.24, 2.45) is 0 Å². The summed E-state index contributed by atoms with van der Waals surface area (Å²) in [7, 11) is 0. The SMILES string of the molecule is Cc1cc(C)c(C)c(B([Si]2(Br)N(c3c(C)cccc3C)C=CN2c2c(C)cccc2C)[Si]2(Br)N(c3c(C)cccc3C)C=CN2c2c(C)cccc2C)c1C. The number of para-hydroxylation sites is 4. The monoisotopic (exact) mass is 886 g/mol. The van der Waals surface area contributed by atoms with Gasteiger partial charge in [0.1, 0.15) is 0 Å². The van der Waals surface area contributed by atoms with Crippen LogP contribution in [-0.2, 0) is 0 Å². The van der Waals surface area contributed by atoms with Crippen LogP contribution in [0.2, 0.25) is 0 Å². The van der Waals surface area contributed by atoms with Crippen LogP contribution >= 0.6 is 30.6 Å². The number of halogens is 2. The molecule has 0 spiro atoms. The van der Waals surface area contributed by atoms with E-state index in [4.69, 9.17) is 30.6 Å². The van der Waals surface area contributed by atoms with Crippen LogP contribution in [-0.4, -0.2) is 19.7 Å². The molecule has 2 aliphatic heterocycles. The van der Waals surface area contributed by atoms with E-state index in [9.17, 15) is 0 Å². The molecule has 5 aromatic carbocycles. The van der Waals surface area contributed by atoms with Crippen molar-refractivity contribution in [3.05, 3.63) is 170 Å². The number of nitrogens with zero attached hydrogens (tertiary/aromatic N) is 4. The van der Waals surface area contributed by atoms with Gasteiger partial charge in [-0.2, -0.15) is 0 Å². The second-order valence-electron chi connectivity index (χ2n) is 15.9. The van der Waals surface area contributed by atoms with Crippen LogP contribution in [0, 0.1) is 83.1 Å². The van der Waals surface area contributed by atoms with Crippen molar-refractivity contribution in [3.63, 3.8) is 0 Å². The number of rotatable bonds is 7. The van der Waals surface area contributed by atoms with Crippen LogP contribution in [0.15, 0.2) is 104 Å². The highest BCUT2D eigenvalue weighted by molar-refractivity contribution is 9.31. The van der Waals surface area contributed by atoms with Crippen LogP contribution < -0.4 is 23.7 Å². The predicted octanol–water partition coefficient (Wildman–Crippen LogP) is 11.9. The largest absolute Gasteiger partial charge is 0.352 e. The predicted molar refractivity (Wildman–Crippen MR) is 252 cm³/mol. The first-order chi connectivity index (χ1) is 26.0. The van der Waals surface area contributed by atoms with Crippen LogP contribution in [0.25, 0.3) is 0 Å². The summed E-state index contributed by atoms with van der Waals surface area (Å²) < 4.78 is 10.7. The van der Waals surface area contributed by atoms with Crippen molar-refractivity contribution >= 4 is 78.5 Å².